The van der Waals surface area contributed by atoms with E-state index in [2.05, 4.69) is 19.5 Å². The molecule has 0 amide bonds. The summed E-state index contributed by atoms with van der Waals surface area (Å²) in [5.41, 5.74) is 4.68. The molecule has 0 saturated carbocycles. The van der Waals surface area contributed by atoms with Crippen LogP contribution in [0.3, 0.4) is 0 Å². The predicted octanol–water partition coefficient (Wildman–Crippen LogP) is 1.19. The van der Waals surface area contributed by atoms with Crippen molar-refractivity contribution in [3.05, 3.63) is 42.6 Å². The van der Waals surface area contributed by atoms with Gasteiger partial charge in [-0.3, -0.25) is 4.98 Å². The largest absolute Gasteiger partial charge is 0.395 e. The second kappa shape index (κ2) is 2.97. The molecule has 0 unspecified atom stereocenters. The van der Waals surface area contributed by atoms with Gasteiger partial charge in [0.05, 0.1) is 5.56 Å². The van der Waals surface area contributed by atoms with Crippen LogP contribution in [0, 0.1) is 0 Å². The molecule has 4 aromatic heterocycles. The normalized spacial score (nSPS) is 13.1. The van der Waals surface area contributed by atoms with Crippen molar-refractivity contribution in [3.8, 4) is 11.5 Å². The molecule has 0 bridgehead atoms. The van der Waals surface area contributed by atoms with E-state index in [4.69, 9.17) is 4.42 Å². The molecule has 6 nitrogen and oxygen atoms in total. The van der Waals surface area contributed by atoms with Crippen molar-refractivity contribution in [1.82, 2.24) is 19.4 Å². The first-order chi connectivity index (χ1) is 9.42. The molecule has 1 aliphatic heterocycles. The molecule has 0 radical (unpaired) electrons. The maximum absolute atomic E-state index is 5.90. The molecule has 0 N–H and O–H groups in total. The number of fused-ring (bicyclic) bond motifs is 7. The lowest BCUT2D eigenvalue weighted by molar-refractivity contribution is -0.651. The molecule has 0 saturated heterocycles. The smallest absolute Gasteiger partial charge is 0.356 e. The molecule has 4 aromatic rings. The Morgan fingerprint density at radius 2 is 2.16 bits per heavy atom. The average molecular weight is 250 g/mol. The van der Waals surface area contributed by atoms with Gasteiger partial charge in [0, 0.05) is 30.2 Å². The highest BCUT2D eigenvalue weighted by Crippen LogP contribution is 2.30. The Kier molecular flexibility index (Phi) is 1.44. The number of aromatic nitrogens is 5. The Bertz CT molecular complexity index is 952. The van der Waals surface area contributed by atoms with Gasteiger partial charge in [-0.25, -0.2) is 4.98 Å². The van der Waals surface area contributed by atoms with Gasteiger partial charge in [0.2, 0.25) is 5.65 Å². The summed E-state index contributed by atoms with van der Waals surface area (Å²) in [7, 11) is 0. The topological polar surface area (TPSA) is 60.1 Å². The third-order valence-electron chi connectivity index (χ3n) is 3.53. The molecule has 0 aromatic carbocycles. The third kappa shape index (κ3) is 1.02. The van der Waals surface area contributed by atoms with Crippen LogP contribution in [0.5, 0.6) is 0 Å². The van der Waals surface area contributed by atoms with E-state index in [1.165, 1.54) is 5.56 Å². The monoisotopic (exact) mass is 250 g/mol. The number of nitrogens with zero attached hydrogens (tertiary/aromatic N) is 5. The number of pyridine rings is 1. The van der Waals surface area contributed by atoms with Crippen LogP contribution in [0.1, 0.15) is 5.56 Å². The highest BCUT2D eigenvalue weighted by atomic mass is 16.4. The van der Waals surface area contributed by atoms with Crippen molar-refractivity contribution < 1.29 is 8.98 Å². The maximum Gasteiger partial charge on any atom is 0.356 e. The van der Waals surface area contributed by atoms with E-state index in [9.17, 15) is 0 Å². The van der Waals surface area contributed by atoms with Gasteiger partial charge in [-0.15, -0.1) is 0 Å². The van der Waals surface area contributed by atoms with Crippen LogP contribution < -0.4 is 4.57 Å². The second-order valence-corrected chi connectivity index (χ2v) is 4.58. The Labute approximate surface area is 107 Å². The number of hydrogen-bond donors (Lipinski definition) is 0. The van der Waals surface area contributed by atoms with Crippen LogP contribution in [-0.4, -0.2) is 19.4 Å². The Morgan fingerprint density at radius 1 is 1.21 bits per heavy atom. The van der Waals surface area contributed by atoms with Gasteiger partial charge in [0.15, 0.2) is 6.33 Å². The minimum atomic E-state index is 0.644. The molecular weight excluding hydrogens is 242 g/mol. The first kappa shape index (κ1) is 9.21. The number of imidazole rings is 1. The molecule has 1 aliphatic rings. The molecule has 0 fully saturated rings. The predicted molar refractivity (Wildman–Crippen MR) is 65.3 cm³/mol. The lowest BCUT2D eigenvalue weighted by Gasteiger charge is -1.90. The fourth-order valence-electron chi connectivity index (χ4n) is 2.70. The van der Waals surface area contributed by atoms with Crippen molar-refractivity contribution in [2.24, 2.45) is 0 Å². The zero-order valence-corrected chi connectivity index (χ0v) is 9.82. The van der Waals surface area contributed by atoms with E-state index in [0.29, 0.717) is 5.71 Å². The standard InChI is InChI=1S/C13H8N5O/c1-3-14-5-8-6-17-12-11(19-13(17)9(1)8)16-10-2-4-15-7-18(10)12/h1-5,7H,6H2/q+1. The van der Waals surface area contributed by atoms with Crippen LogP contribution in [0.25, 0.3) is 28.5 Å². The zero-order valence-electron chi connectivity index (χ0n) is 9.82. The summed E-state index contributed by atoms with van der Waals surface area (Å²) >= 11 is 0. The number of hydrogen-bond acceptors (Lipinski definition) is 4. The first-order valence-corrected chi connectivity index (χ1v) is 5.99. The number of oxazole rings is 1. The summed E-state index contributed by atoms with van der Waals surface area (Å²) in [6, 6.07) is 3.84. The van der Waals surface area contributed by atoms with Gasteiger partial charge in [-0.1, -0.05) is 0 Å². The van der Waals surface area contributed by atoms with Gasteiger partial charge < -0.3 is 4.42 Å². The molecule has 0 spiro atoms. The van der Waals surface area contributed by atoms with Crippen molar-refractivity contribution >= 4 is 17.0 Å². The van der Waals surface area contributed by atoms with Gasteiger partial charge in [0.1, 0.15) is 6.54 Å². The van der Waals surface area contributed by atoms with Crippen molar-refractivity contribution in [1.29, 1.82) is 0 Å². The molecular formula is C13H8N5O+. The van der Waals surface area contributed by atoms with Crippen LogP contribution in [0.2, 0.25) is 0 Å². The molecule has 5 rings (SSSR count). The van der Waals surface area contributed by atoms with Gasteiger partial charge in [0.25, 0.3) is 5.89 Å². The summed E-state index contributed by atoms with van der Waals surface area (Å²) in [5, 5.41) is 0. The average Bonchev–Trinajstić information content (AvgIpc) is 3.05. The van der Waals surface area contributed by atoms with Gasteiger partial charge in [-0.05, 0) is 6.07 Å². The summed E-state index contributed by atoms with van der Waals surface area (Å²) in [5.74, 6) is 0.841. The second-order valence-electron chi connectivity index (χ2n) is 4.58. The van der Waals surface area contributed by atoms with E-state index in [-0.39, 0.29) is 0 Å². The molecule has 6 heteroatoms. The van der Waals surface area contributed by atoms with Crippen molar-refractivity contribution in [2.45, 2.75) is 6.54 Å². The number of rotatable bonds is 0. The first-order valence-electron chi connectivity index (χ1n) is 5.99. The molecule has 0 aliphatic carbocycles. The molecule has 90 valence electrons. The summed E-state index contributed by atoms with van der Waals surface area (Å²) in [4.78, 5) is 12.8. The molecule has 5 heterocycles. The highest BCUT2D eigenvalue weighted by Gasteiger charge is 2.33. The summed E-state index contributed by atoms with van der Waals surface area (Å²) < 4.78 is 9.96. The van der Waals surface area contributed by atoms with E-state index in [0.717, 1.165) is 29.3 Å². The van der Waals surface area contributed by atoms with E-state index >= 15 is 0 Å². The van der Waals surface area contributed by atoms with Crippen molar-refractivity contribution in [2.75, 3.05) is 0 Å². The van der Waals surface area contributed by atoms with Crippen LogP contribution in [-0.2, 0) is 6.54 Å². The fraction of sp³-hybridized carbons (Fsp3) is 0.0769. The lowest BCUT2D eigenvalue weighted by Crippen LogP contribution is -2.31. The third-order valence-corrected chi connectivity index (χ3v) is 3.53. The van der Waals surface area contributed by atoms with Crippen LogP contribution in [0.4, 0.5) is 0 Å². The molecule has 0 atom stereocenters. The zero-order chi connectivity index (χ0) is 12.4. The summed E-state index contributed by atoms with van der Waals surface area (Å²) in [6.07, 6.45) is 7.15. The Balaban J connectivity index is 1.94. The Morgan fingerprint density at radius 3 is 3.16 bits per heavy atom. The summed E-state index contributed by atoms with van der Waals surface area (Å²) in [6.45, 7) is 0.758. The minimum Gasteiger partial charge on any atom is -0.395 e. The van der Waals surface area contributed by atoms with Crippen molar-refractivity contribution in [3.63, 3.8) is 0 Å². The lowest BCUT2D eigenvalue weighted by atomic mass is 10.2. The fourth-order valence-corrected chi connectivity index (χ4v) is 2.70. The quantitative estimate of drug-likeness (QED) is 0.387. The van der Waals surface area contributed by atoms with Gasteiger partial charge in [-0.2, -0.15) is 14.0 Å². The van der Waals surface area contributed by atoms with Gasteiger partial charge >= 0.3 is 11.4 Å². The SMILES string of the molecule is c1cc2c(cn1)C[n+]1c-2oc2nc3ccncn3c21. The minimum absolute atomic E-state index is 0.644. The molecule has 19 heavy (non-hydrogen) atoms. The van der Waals surface area contributed by atoms with Crippen LogP contribution >= 0.6 is 0 Å². The highest BCUT2D eigenvalue weighted by molar-refractivity contribution is 5.72. The Hall–Kier alpha value is -2.76. The van der Waals surface area contributed by atoms with E-state index < -0.39 is 0 Å². The van der Waals surface area contributed by atoms with E-state index in [1.54, 1.807) is 18.7 Å². The van der Waals surface area contributed by atoms with Crippen LogP contribution in [0.15, 0.2) is 41.5 Å². The van der Waals surface area contributed by atoms with E-state index in [1.807, 2.05) is 22.7 Å². The maximum atomic E-state index is 5.90.